The molecule has 158 valence electrons. The summed E-state index contributed by atoms with van der Waals surface area (Å²) in [7, 11) is 0. The molecule has 5 fully saturated rings. The zero-order chi connectivity index (χ0) is 20.0. The number of fused-ring (bicyclic) bond motifs is 3. The highest BCUT2D eigenvalue weighted by molar-refractivity contribution is 5.54. The fourth-order valence-electron chi connectivity index (χ4n) is 8.77. The van der Waals surface area contributed by atoms with Crippen LogP contribution in [0.3, 0.4) is 0 Å². The van der Waals surface area contributed by atoms with E-state index < -0.39 is 0 Å². The summed E-state index contributed by atoms with van der Waals surface area (Å²) in [5.41, 5.74) is 2.42. The third-order valence-electron chi connectivity index (χ3n) is 9.62. The fourth-order valence-corrected chi connectivity index (χ4v) is 8.77. The number of benzene rings is 1. The Kier molecular flexibility index (Phi) is 3.93. The topological polar surface area (TPSA) is 49.7 Å². The first kappa shape index (κ1) is 18.5. The van der Waals surface area contributed by atoms with Gasteiger partial charge < -0.3 is 14.9 Å². The van der Waals surface area contributed by atoms with Gasteiger partial charge in [0, 0.05) is 18.1 Å². The molecule has 5 aliphatic carbocycles. The van der Waals surface area contributed by atoms with E-state index in [-0.39, 0.29) is 17.6 Å². The van der Waals surface area contributed by atoms with E-state index in [0.29, 0.717) is 23.5 Å². The van der Waals surface area contributed by atoms with Gasteiger partial charge in [0.1, 0.15) is 17.1 Å². The SMILES string of the molecule is CC1(C)Oc2cc(C34CC5CC(CC(C5)C3)C4)cc(O)c2[C@@H]2C[C@@H](CO)CC[C@H]21. The van der Waals surface area contributed by atoms with Crippen LogP contribution < -0.4 is 4.74 Å². The molecular weight excluding hydrogens is 360 g/mol. The van der Waals surface area contributed by atoms with Gasteiger partial charge in [0.15, 0.2) is 0 Å². The first-order valence-electron chi connectivity index (χ1n) is 12.0. The molecule has 29 heavy (non-hydrogen) atoms. The predicted octanol–water partition coefficient (Wildman–Crippen LogP) is 5.52. The summed E-state index contributed by atoms with van der Waals surface area (Å²) in [6, 6.07) is 4.44. The average Bonchev–Trinajstić information content (AvgIpc) is 2.65. The molecule has 1 aromatic carbocycles. The lowest BCUT2D eigenvalue weighted by Gasteiger charge is -2.57. The second-order valence-corrected chi connectivity index (χ2v) is 11.9. The van der Waals surface area contributed by atoms with Gasteiger partial charge in [-0.25, -0.2) is 0 Å². The smallest absolute Gasteiger partial charge is 0.127 e. The second kappa shape index (κ2) is 6.15. The van der Waals surface area contributed by atoms with Gasteiger partial charge in [-0.1, -0.05) is 0 Å². The summed E-state index contributed by atoms with van der Waals surface area (Å²) in [5, 5.41) is 21.0. The molecule has 3 heteroatoms. The van der Waals surface area contributed by atoms with Gasteiger partial charge in [-0.05, 0) is 124 Å². The van der Waals surface area contributed by atoms with Crippen molar-refractivity contribution < 1.29 is 14.9 Å². The van der Waals surface area contributed by atoms with Gasteiger partial charge in [0.25, 0.3) is 0 Å². The van der Waals surface area contributed by atoms with Crippen molar-refractivity contribution in [2.75, 3.05) is 6.61 Å². The molecule has 0 aromatic heterocycles. The van der Waals surface area contributed by atoms with Crippen molar-refractivity contribution in [1.82, 2.24) is 0 Å². The van der Waals surface area contributed by atoms with Crippen molar-refractivity contribution in [3.05, 3.63) is 23.3 Å². The van der Waals surface area contributed by atoms with Gasteiger partial charge >= 0.3 is 0 Å². The Morgan fingerprint density at radius 2 is 1.62 bits per heavy atom. The van der Waals surface area contributed by atoms with Crippen molar-refractivity contribution in [2.24, 2.45) is 29.6 Å². The number of aliphatic hydroxyl groups is 1. The van der Waals surface area contributed by atoms with Crippen LogP contribution in [0.15, 0.2) is 12.1 Å². The minimum atomic E-state index is -0.218. The molecule has 5 saturated carbocycles. The zero-order valence-electron chi connectivity index (χ0n) is 18.0. The third kappa shape index (κ3) is 2.72. The monoisotopic (exact) mass is 396 g/mol. The maximum Gasteiger partial charge on any atom is 0.127 e. The minimum Gasteiger partial charge on any atom is -0.508 e. The first-order chi connectivity index (χ1) is 13.9. The molecule has 1 aromatic rings. The van der Waals surface area contributed by atoms with Crippen LogP contribution in [0.25, 0.3) is 0 Å². The van der Waals surface area contributed by atoms with Gasteiger partial charge in [0.05, 0.1) is 0 Å². The van der Waals surface area contributed by atoms with Crippen LogP contribution in [0.2, 0.25) is 0 Å². The Balaban J connectivity index is 1.42. The van der Waals surface area contributed by atoms with Crippen molar-refractivity contribution in [3.63, 3.8) is 0 Å². The number of phenols is 1. The van der Waals surface area contributed by atoms with Gasteiger partial charge in [-0.2, -0.15) is 0 Å². The molecular formula is C26H36O3. The molecule has 0 radical (unpaired) electrons. The lowest BCUT2D eigenvalue weighted by Crippen LogP contribution is -2.49. The molecule has 2 N–H and O–H groups in total. The third-order valence-corrected chi connectivity index (χ3v) is 9.62. The Labute approximate surface area is 174 Å². The summed E-state index contributed by atoms with van der Waals surface area (Å²) in [6.07, 6.45) is 11.3. The fraction of sp³-hybridized carbons (Fsp3) is 0.769. The molecule has 6 aliphatic rings. The number of aromatic hydroxyl groups is 1. The normalized spacial score (nSPS) is 44.1. The average molecular weight is 397 g/mol. The Hall–Kier alpha value is -1.22. The molecule has 7 rings (SSSR count). The van der Waals surface area contributed by atoms with E-state index in [9.17, 15) is 10.2 Å². The number of hydrogen-bond acceptors (Lipinski definition) is 3. The second-order valence-electron chi connectivity index (χ2n) is 11.9. The molecule has 0 amide bonds. The van der Waals surface area contributed by atoms with Gasteiger partial charge in [0.2, 0.25) is 0 Å². The maximum atomic E-state index is 11.3. The maximum absolute atomic E-state index is 11.3. The van der Waals surface area contributed by atoms with E-state index in [1.165, 1.54) is 44.1 Å². The van der Waals surface area contributed by atoms with E-state index in [1.54, 1.807) is 0 Å². The highest BCUT2D eigenvalue weighted by Crippen LogP contribution is 2.62. The lowest BCUT2D eigenvalue weighted by molar-refractivity contribution is -0.0226. The quantitative estimate of drug-likeness (QED) is 0.692. The van der Waals surface area contributed by atoms with Crippen LogP contribution >= 0.6 is 0 Å². The lowest BCUT2D eigenvalue weighted by atomic mass is 9.48. The summed E-state index contributed by atoms with van der Waals surface area (Å²) < 4.78 is 6.62. The van der Waals surface area contributed by atoms with Crippen LogP contribution in [0, 0.1) is 29.6 Å². The van der Waals surface area contributed by atoms with E-state index in [4.69, 9.17) is 4.74 Å². The van der Waals surface area contributed by atoms with Crippen molar-refractivity contribution in [1.29, 1.82) is 0 Å². The highest BCUT2D eigenvalue weighted by atomic mass is 16.5. The predicted molar refractivity (Wildman–Crippen MR) is 113 cm³/mol. The zero-order valence-corrected chi connectivity index (χ0v) is 18.0. The number of hydrogen-bond donors (Lipinski definition) is 2. The molecule has 1 heterocycles. The van der Waals surface area contributed by atoms with Crippen LogP contribution in [0.4, 0.5) is 0 Å². The summed E-state index contributed by atoms with van der Waals surface area (Å²) in [4.78, 5) is 0. The molecule has 3 nitrogen and oxygen atoms in total. The van der Waals surface area contributed by atoms with E-state index >= 15 is 0 Å². The van der Waals surface area contributed by atoms with Gasteiger partial charge in [-0.15, -0.1) is 0 Å². The molecule has 1 aliphatic heterocycles. The number of phenolic OH excluding ortho intramolecular Hbond substituents is 1. The number of ether oxygens (including phenoxy) is 1. The standard InChI is InChI=1S/C26H36O3/c1-25(2)21-4-3-15(14-27)8-20(21)24-22(28)9-19(10-23(24)29-25)26-11-16-5-17(12-26)7-18(6-16)13-26/h9-10,15-18,20-21,27-28H,3-8,11-14H2,1-2H3/t15-,16?,17?,18?,20+,21+,26?/m0/s1. The van der Waals surface area contributed by atoms with E-state index in [1.807, 2.05) is 0 Å². The minimum absolute atomic E-state index is 0.218. The van der Waals surface area contributed by atoms with Crippen LogP contribution in [-0.4, -0.2) is 22.4 Å². The summed E-state index contributed by atoms with van der Waals surface area (Å²) in [5.74, 6) is 5.12. The van der Waals surface area contributed by atoms with Crippen molar-refractivity contribution in [2.45, 2.75) is 88.6 Å². The highest BCUT2D eigenvalue weighted by Gasteiger charge is 2.53. The number of aliphatic hydroxyl groups excluding tert-OH is 1. The van der Waals surface area contributed by atoms with Crippen molar-refractivity contribution in [3.8, 4) is 11.5 Å². The molecule has 3 atom stereocenters. The van der Waals surface area contributed by atoms with Crippen LogP contribution in [0.5, 0.6) is 11.5 Å². The summed E-state index contributed by atoms with van der Waals surface area (Å²) in [6.45, 7) is 4.70. The Morgan fingerprint density at radius 3 is 2.24 bits per heavy atom. The van der Waals surface area contributed by atoms with E-state index in [0.717, 1.165) is 48.3 Å². The summed E-state index contributed by atoms with van der Waals surface area (Å²) >= 11 is 0. The van der Waals surface area contributed by atoms with Crippen LogP contribution in [-0.2, 0) is 5.41 Å². The van der Waals surface area contributed by atoms with Gasteiger partial charge in [-0.3, -0.25) is 0 Å². The number of rotatable bonds is 2. The molecule has 4 bridgehead atoms. The first-order valence-corrected chi connectivity index (χ1v) is 12.0. The van der Waals surface area contributed by atoms with Crippen molar-refractivity contribution >= 4 is 0 Å². The largest absolute Gasteiger partial charge is 0.508 e. The molecule has 0 unspecified atom stereocenters. The van der Waals surface area contributed by atoms with E-state index in [2.05, 4.69) is 26.0 Å². The van der Waals surface area contributed by atoms with Crippen LogP contribution in [0.1, 0.15) is 88.7 Å². The molecule has 0 spiro atoms. The Bertz CT molecular complexity index is 790. The Morgan fingerprint density at radius 1 is 0.966 bits per heavy atom. The molecule has 0 saturated heterocycles.